The van der Waals surface area contributed by atoms with E-state index in [0.29, 0.717) is 11.4 Å². The van der Waals surface area contributed by atoms with Crippen LogP contribution in [-0.2, 0) is 16.1 Å². The molecular formula is C17H16N4O5. The summed E-state index contributed by atoms with van der Waals surface area (Å²) in [5.74, 6) is -0.893. The summed E-state index contributed by atoms with van der Waals surface area (Å²) in [6.07, 6.45) is 1.02. The van der Waals surface area contributed by atoms with Gasteiger partial charge in [-0.3, -0.25) is 34.0 Å². The third-order valence-corrected chi connectivity index (χ3v) is 4.24. The minimum Gasteiger partial charge on any atom is -0.322 e. The van der Waals surface area contributed by atoms with Gasteiger partial charge in [-0.25, -0.2) is 0 Å². The summed E-state index contributed by atoms with van der Waals surface area (Å²) < 4.78 is 0.964. The number of aromatic nitrogens is 1. The number of carbonyl (C=O) groups is 2. The molecule has 0 saturated heterocycles. The van der Waals surface area contributed by atoms with Crippen molar-refractivity contribution in [3.8, 4) is 0 Å². The lowest BCUT2D eigenvalue weighted by atomic mass is 9.96. The third kappa shape index (κ3) is 2.83. The fourth-order valence-electron chi connectivity index (χ4n) is 2.87. The van der Waals surface area contributed by atoms with E-state index in [0.717, 1.165) is 22.9 Å². The molecule has 0 fully saturated rings. The van der Waals surface area contributed by atoms with E-state index >= 15 is 0 Å². The van der Waals surface area contributed by atoms with Crippen LogP contribution in [0.15, 0.2) is 47.4 Å². The Bertz CT molecular complexity index is 979. The SMILES string of the molecule is CC1(C)C(=O)Nc2ccccc2N1C(=O)Cn1cc([N+](=O)[O-])ccc1=O. The number of benzene rings is 1. The largest absolute Gasteiger partial charge is 0.322 e. The molecule has 0 spiro atoms. The molecule has 0 saturated carbocycles. The molecule has 3 rings (SSSR count). The smallest absolute Gasteiger partial charge is 0.285 e. The Kier molecular flexibility index (Phi) is 4.07. The zero-order valence-corrected chi connectivity index (χ0v) is 14.1. The maximum absolute atomic E-state index is 12.9. The number of pyridine rings is 1. The molecule has 9 heteroatoms. The molecule has 0 bridgehead atoms. The molecule has 2 aromatic rings. The molecule has 26 heavy (non-hydrogen) atoms. The van der Waals surface area contributed by atoms with E-state index in [1.165, 1.54) is 4.90 Å². The number of anilines is 2. The average Bonchev–Trinajstić information content (AvgIpc) is 2.57. The minimum atomic E-state index is -1.18. The number of nitrogens with one attached hydrogen (secondary N) is 1. The molecule has 2 amide bonds. The van der Waals surface area contributed by atoms with Crippen molar-refractivity contribution < 1.29 is 14.5 Å². The predicted molar refractivity (Wildman–Crippen MR) is 94.0 cm³/mol. The molecule has 134 valence electrons. The first-order valence-electron chi connectivity index (χ1n) is 7.80. The Labute approximate surface area is 148 Å². The number of rotatable bonds is 3. The van der Waals surface area contributed by atoms with Crippen LogP contribution in [0.4, 0.5) is 17.1 Å². The van der Waals surface area contributed by atoms with Gasteiger partial charge in [0.1, 0.15) is 12.1 Å². The molecule has 0 atom stereocenters. The first kappa shape index (κ1) is 17.3. The Morgan fingerprint density at radius 3 is 2.58 bits per heavy atom. The van der Waals surface area contributed by atoms with Gasteiger partial charge in [0.25, 0.3) is 11.2 Å². The lowest BCUT2D eigenvalue weighted by molar-refractivity contribution is -0.385. The van der Waals surface area contributed by atoms with E-state index in [2.05, 4.69) is 5.32 Å². The zero-order chi connectivity index (χ0) is 19.1. The fourth-order valence-corrected chi connectivity index (χ4v) is 2.87. The van der Waals surface area contributed by atoms with Crippen LogP contribution in [0.2, 0.25) is 0 Å². The fraction of sp³-hybridized carbons (Fsp3) is 0.235. The molecule has 2 heterocycles. The number of nitrogens with zero attached hydrogens (tertiary/aromatic N) is 3. The monoisotopic (exact) mass is 356 g/mol. The van der Waals surface area contributed by atoms with E-state index < -0.39 is 28.5 Å². The Hall–Kier alpha value is -3.49. The van der Waals surface area contributed by atoms with Crippen molar-refractivity contribution in [2.45, 2.75) is 25.9 Å². The molecule has 1 aromatic heterocycles. The molecule has 1 aliphatic rings. The van der Waals surface area contributed by atoms with Crippen LogP contribution < -0.4 is 15.8 Å². The van der Waals surface area contributed by atoms with Crippen LogP contribution in [0, 0.1) is 10.1 Å². The summed E-state index contributed by atoms with van der Waals surface area (Å²) in [7, 11) is 0. The first-order chi connectivity index (χ1) is 12.2. The van der Waals surface area contributed by atoms with Gasteiger partial charge < -0.3 is 5.32 Å². The minimum absolute atomic E-state index is 0.298. The van der Waals surface area contributed by atoms with Crippen LogP contribution in [0.1, 0.15) is 13.8 Å². The second-order valence-corrected chi connectivity index (χ2v) is 6.37. The predicted octanol–water partition coefficient (Wildman–Crippen LogP) is 1.52. The van der Waals surface area contributed by atoms with Gasteiger partial charge in [-0.15, -0.1) is 0 Å². The number of fused-ring (bicyclic) bond motifs is 1. The second-order valence-electron chi connectivity index (χ2n) is 6.37. The number of amides is 2. The molecule has 1 N–H and O–H groups in total. The van der Waals surface area contributed by atoms with Crippen LogP contribution >= 0.6 is 0 Å². The molecule has 9 nitrogen and oxygen atoms in total. The van der Waals surface area contributed by atoms with Gasteiger partial charge in [0.15, 0.2) is 0 Å². The third-order valence-electron chi connectivity index (χ3n) is 4.24. The van der Waals surface area contributed by atoms with Crippen LogP contribution in [0.25, 0.3) is 0 Å². The van der Waals surface area contributed by atoms with E-state index in [1.54, 1.807) is 38.1 Å². The molecule has 1 aromatic carbocycles. The lowest BCUT2D eigenvalue weighted by Crippen LogP contribution is -2.59. The standard InChI is InChI=1S/C17H16N4O5/c1-17(2)16(24)18-12-5-3-4-6-13(12)20(17)15(23)10-19-9-11(21(25)26)7-8-14(19)22/h3-9H,10H2,1-2H3,(H,18,24). The molecule has 0 radical (unpaired) electrons. The quantitative estimate of drug-likeness (QED) is 0.661. The lowest BCUT2D eigenvalue weighted by Gasteiger charge is -2.42. The topological polar surface area (TPSA) is 115 Å². The van der Waals surface area contributed by atoms with E-state index in [4.69, 9.17) is 0 Å². The molecule has 0 aliphatic carbocycles. The van der Waals surface area contributed by atoms with Crippen molar-refractivity contribution in [1.82, 2.24) is 4.57 Å². The highest BCUT2D eigenvalue weighted by Crippen LogP contribution is 2.36. The van der Waals surface area contributed by atoms with Crippen molar-refractivity contribution in [1.29, 1.82) is 0 Å². The van der Waals surface area contributed by atoms with Gasteiger partial charge in [-0.05, 0) is 26.0 Å². The van der Waals surface area contributed by atoms with Crippen molar-refractivity contribution in [3.63, 3.8) is 0 Å². The summed E-state index contributed by atoms with van der Waals surface area (Å²) in [4.78, 5) is 48.9. The van der Waals surface area contributed by atoms with Gasteiger partial charge in [0.05, 0.1) is 22.5 Å². The van der Waals surface area contributed by atoms with E-state index in [9.17, 15) is 24.5 Å². The number of hydrogen-bond donors (Lipinski definition) is 1. The summed E-state index contributed by atoms with van der Waals surface area (Å²) in [6.45, 7) is 2.75. The van der Waals surface area contributed by atoms with Gasteiger partial charge >= 0.3 is 0 Å². The van der Waals surface area contributed by atoms with Crippen molar-refractivity contribution in [2.24, 2.45) is 0 Å². The second kappa shape index (κ2) is 6.10. The van der Waals surface area contributed by atoms with Crippen LogP contribution in [0.3, 0.4) is 0 Å². The average molecular weight is 356 g/mol. The summed E-state index contributed by atoms with van der Waals surface area (Å²) in [5.41, 5.74) is -1.04. The number of para-hydroxylation sites is 2. The summed E-state index contributed by atoms with van der Waals surface area (Å²) >= 11 is 0. The molecule has 1 aliphatic heterocycles. The van der Waals surface area contributed by atoms with Crippen molar-refractivity contribution in [2.75, 3.05) is 10.2 Å². The zero-order valence-electron chi connectivity index (χ0n) is 14.1. The normalized spacial score (nSPS) is 15.2. The number of carbonyl (C=O) groups excluding carboxylic acids is 2. The van der Waals surface area contributed by atoms with Crippen LogP contribution in [0.5, 0.6) is 0 Å². The Balaban J connectivity index is 2.02. The summed E-state index contributed by atoms with van der Waals surface area (Å²) in [5, 5.41) is 13.6. The Morgan fingerprint density at radius 2 is 1.88 bits per heavy atom. The van der Waals surface area contributed by atoms with Crippen molar-refractivity contribution >= 4 is 28.9 Å². The van der Waals surface area contributed by atoms with Gasteiger partial charge in [0, 0.05) is 12.1 Å². The van der Waals surface area contributed by atoms with Gasteiger partial charge in [-0.1, -0.05) is 12.1 Å². The highest BCUT2D eigenvalue weighted by atomic mass is 16.6. The van der Waals surface area contributed by atoms with E-state index in [1.807, 2.05) is 0 Å². The van der Waals surface area contributed by atoms with Crippen LogP contribution in [-0.4, -0.2) is 26.8 Å². The van der Waals surface area contributed by atoms with Gasteiger partial charge in [0.2, 0.25) is 11.8 Å². The van der Waals surface area contributed by atoms with Crippen molar-refractivity contribution in [3.05, 3.63) is 63.1 Å². The number of nitro groups is 1. The summed E-state index contributed by atoms with van der Waals surface area (Å²) in [6, 6.07) is 8.93. The maximum atomic E-state index is 12.9. The number of hydrogen-bond acceptors (Lipinski definition) is 5. The van der Waals surface area contributed by atoms with E-state index in [-0.39, 0.29) is 11.6 Å². The highest BCUT2D eigenvalue weighted by molar-refractivity contribution is 6.14. The molecule has 0 unspecified atom stereocenters. The Morgan fingerprint density at radius 1 is 1.19 bits per heavy atom. The molecular weight excluding hydrogens is 340 g/mol. The first-order valence-corrected chi connectivity index (χ1v) is 7.80. The highest BCUT2D eigenvalue weighted by Gasteiger charge is 2.43. The maximum Gasteiger partial charge on any atom is 0.285 e. The van der Waals surface area contributed by atoms with Gasteiger partial charge in [-0.2, -0.15) is 0 Å².